The zero-order valence-corrected chi connectivity index (χ0v) is 6.99. The van der Waals surface area contributed by atoms with Gasteiger partial charge in [-0.1, -0.05) is 6.92 Å². The number of aliphatic hydroxyl groups excluding tert-OH is 1. The molecule has 2 aliphatic rings. The Morgan fingerprint density at radius 3 is 2.91 bits per heavy atom. The first kappa shape index (κ1) is 7.56. The van der Waals surface area contributed by atoms with E-state index >= 15 is 0 Å². The van der Waals surface area contributed by atoms with Gasteiger partial charge in [-0.15, -0.1) is 0 Å². The van der Waals surface area contributed by atoms with E-state index in [1.54, 1.807) is 0 Å². The lowest BCUT2D eigenvalue weighted by Gasteiger charge is -2.33. The molecular formula is C9H16O2. The fourth-order valence-electron chi connectivity index (χ4n) is 2.36. The van der Waals surface area contributed by atoms with Crippen LogP contribution in [0.3, 0.4) is 0 Å². The molecule has 1 heterocycles. The van der Waals surface area contributed by atoms with Crippen LogP contribution in [-0.2, 0) is 4.74 Å². The summed E-state index contributed by atoms with van der Waals surface area (Å²) in [6.07, 6.45) is 2.32. The van der Waals surface area contributed by atoms with Crippen molar-refractivity contribution in [3.8, 4) is 0 Å². The zero-order valence-electron chi connectivity index (χ0n) is 6.99. The fourth-order valence-corrected chi connectivity index (χ4v) is 2.36. The van der Waals surface area contributed by atoms with Gasteiger partial charge >= 0.3 is 0 Å². The van der Waals surface area contributed by atoms with Crippen LogP contribution in [0.4, 0.5) is 0 Å². The van der Waals surface area contributed by atoms with Gasteiger partial charge in [0.05, 0.1) is 12.7 Å². The SMILES string of the molecule is C[C@H]1CC[C@H]2COC[C@H]2[C@@H]1O. The van der Waals surface area contributed by atoms with E-state index < -0.39 is 0 Å². The van der Waals surface area contributed by atoms with Crippen LogP contribution in [0.1, 0.15) is 19.8 Å². The Kier molecular flexibility index (Phi) is 1.90. The van der Waals surface area contributed by atoms with E-state index in [2.05, 4.69) is 6.92 Å². The average molecular weight is 156 g/mol. The molecule has 2 heteroatoms. The number of ether oxygens (including phenoxy) is 1. The molecule has 0 amide bonds. The first-order chi connectivity index (χ1) is 5.29. The van der Waals surface area contributed by atoms with Crippen molar-refractivity contribution < 1.29 is 9.84 Å². The van der Waals surface area contributed by atoms with E-state index in [-0.39, 0.29) is 6.10 Å². The van der Waals surface area contributed by atoms with Crippen molar-refractivity contribution in [2.24, 2.45) is 17.8 Å². The van der Waals surface area contributed by atoms with Crippen LogP contribution in [0, 0.1) is 17.8 Å². The Bertz CT molecular complexity index is 146. The van der Waals surface area contributed by atoms with Gasteiger partial charge in [-0.25, -0.2) is 0 Å². The van der Waals surface area contributed by atoms with E-state index in [4.69, 9.17) is 4.74 Å². The summed E-state index contributed by atoms with van der Waals surface area (Å²) in [7, 11) is 0. The number of hydrogen-bond donors (Lipinski definition) is 1. The third kappa shape index (κ3) is 1.18. The molecule has 0 aromatic carbocycles. The summed E-state index contributed by atoms with van der Waals surface area (Å²) >= 11 is 0. The molecule has 0 unspecified atom stereocenters. The standard InChI is InChI=1S/C9H16O2/c1-6-2-3-7-4-11-5-8(7)9(6)10/h6-10H,2-5H2,1H3/t6-,7-,8+,9+/m0/s1. The molecule has 0 aromatic rings. The lowest BCUT2D eigenvalue weighted by Crippen LogP contribution is -2.37. The highest BCUT2D eigenvalue weighted by molar-refractivity contribution is 4.88. The summed E-state index contributed by atoms with van der Waals surface area (Å²) < 4.78 is 5.35. The molecule has 1 aliphatic heterocycles. The first-order valence-corrected chi connectivity index (χ1v) is 4.55. The maximum absolute atomic E-state index is 9.77. The third-order valence-corrected chi connectivity index (χ3v) is 3.26. The molecule has 11 heavy (non-hydrogen) atoms. The molecule has 4 atom stereocenters. The number of hydrogen-bond acceptors (Lipinski definition) is 2. The fraction of sp³-hybridized carbons (Fsp3) is 1.00. The van der Waals surface area contributed by atoms with Crippen LogP contribution >= 0.6 is 0 Å². The molecule has 1 N–H and O–H groups in total. The van der Waals surface area contributed by atoms with Crippen LogP contribution in [0.5, 0.6) is 0 Å². The van der Waals surface area contributed by atoms with Gasteiger partial charge in [-0.05, 0) is 24.7 Å². The van der Waals surface area contributed by atoms with Crippen molar-refractivity contribution in [2.45, 2.75) is 25.9 Å². The third-order valence-electron chi connectivity index (χ3n) is 3.26. The van der Waals surface area contributed by atoms with Gasteiger partial charge < -0.3 is 9.84 Å². The Balaban J connectivity index is 2.06. The average Bonchev–Trinajstić information content (AvgIpc) is 2.45. The summed E-state index contributed by atoms with van der Waals surface area (Å²) in [5.41, 5.74) is 0. The Morgan fingerprint density at radius 1 is 1.27 bits per heavy atom. The summed E-state index contributed by atoms with van der Waals surface area (Å²) in [5.74, 6) is 1.58. The molecule has 2 rings (SSSR count). The van der Waals surface area contributed by atoms with Gasteiger partial charge in [0.15, 0.2) is 0 Å². The van der Waals surface area contributed by atoms with Crippen molar-refractivity contribution in [1.29, 1.82) is 0 Å². The number of aliphatic hydroxyl groups is 1. The minimum atomic E-state index is -0.101. The zero-order chi connectivity index (χ0) is 7.84. The topological polar surface area (TPSA) is 29.5 Å². The van der Waals surface area contributed by atoms with Crippen LogP contribution in [0.25, 0.3) is 0 Å². The Hall–Kier alpha value is -0.0800. The predicted molar refractivity (Wildman–Crippen MR) is 42.2 cm³/mol. The summed E-state index contributed by atoms with van der Waals surface area (Å²) in [6.45, 7) is 3.81. The lowest BCUT2D eigenvalue weighted by molar-refractivity contribution is 0.00919. The summed E-state index contributed by atoms with van der Waals surface area (Å²) in [4.78, 5) is 0. The smallest absolute Gasteiger partial charge is 0.0619 e. The van der Waals surface area contributed by atoms with Crippen LogP contribution in [-0.4, -0.2) is 24.4 Å². The van der Waals surface area contributed by atoms with Gasteiger partial charge in [0.1, 0.15) is 0 Å². The minimum absolute atomic E-state index is 0.101. The lowest BCUT2D eigenvalue weighted by atomic mass is 9.74. The van der Waals surface area contributed by atoms with E-state index in [9.17, 15) is 5.11 Å². The quantitative estimate of drug-likeness (QED) is 0.568. The highest BCUT2D eigenvalue weighted by Gasteiger charge is 2.39. The minimum Gasteiger partial charge on any atom is -0.392 e. The largest absolute Gasteiger partial charge is 0.392 e. The van der Waals surface area contributed by atoms with Crippen molar-refractivity contribution >= 4 is 0 Å². The van der Waals surface area contributed by atoms with Crippen LogP contribution in [0.2, 0.25) is 0 Å². The van der Waals surface area contributed by atoms with Gasteiger partial charge in [-0.2, -0.15) is 0 Å². The van der Waals surface area contributed by atoms with Crippen LogP contribution in [0.15, 0.2) is 0 Å². The molecule has 2 nitrogen and oxygen atoms in total. The van der Waals surface area contributed by atoms with Crippen LogP contribution < -0.4 is 0 Å². The second kappa shape index (κ2) is 2.76. The molecule has 2 fully saturated rings. The molecule has 0 bridgehead atoms. The van der Waals surface area contributed by atoms with E-state index in [0.717, 1.165) is 13.2 Å². The summed E-state index contributed by atoms with van der Waals surface area (Å²) in [6, 6.07) is 0. The van der Waals surface area contributed by atoms with E-state index in [1.165, 1.54) is 12.8 Å². The van der Waals surface area contributed by atoms with Crippen molar-refractivity contribution in [3.05, 3.63) is 0 Å². The maximum Gasteiger partial charge on any atom is 0.0619 e. The molecule has 1 saturated carbocycles. The molecule has 1 aliphatic carbocycles. The van der Waals surface area contributed by atoms with Gasteiger partial charge in [0.2, 0.25) is 0 Å². The van der Waals surface area contributed by atoms with Gasteiger partial charge in [0.25, 0.3) is 0 Å². The van der Waals surface area contributed by atoms with Gasteiger partial charge in [0, 0.05) is 12.5 Å². The number of rotatable bonds is 0. The van der Waals surface area contributed by atoms with E-state index in [0.29, 0.717) is 17.8 Å². The Labute approximate surface area is 67.6 Å². The molecule has 0 spiro atoms. The van der Waals surface area contributed by atoms with E-state index in [1.807, 2.05) is 0 Å². The van der Waals surface area contributed by atoms with Gasteiger partial charge in [-0.3, -0.25) is 0 Å². The molecular weight excluding hydrogens is 140 g/mol. The second-order valence-corrected chi connectivity index (χ2v) is 4.01. The summed E-state index contributed by atoms with van der Waals surface area (Å²) in [5, 5.41) is 9.77. The maximum atomic E-state index is 9.77. The highest BCUT2D eigenvalue weighted by Crippen LogP contribution is 2.37. The highest BCUT2D eigenvalue weighted by atomic mass is 16.5. The molecule has 0 radical (unpaired) electrons. The first-order valence-electron chi connectivity index (χ1n) is 4.55. The van der Waals surface area contributed by atoms with Crippen molar-refractivity contribution in [3.63, 3.8) is 0 Å². The predicted octanol–water partition coefficient (Wildman–Crippen LogP) is 1.04. The second-order valence-electron chi connectivity index (χ2n) is 4.01. The number of fused-ring (bicyclic) bond motifs is 1. The normalized spacial score (nSPS) is 50.7. The molecule has 64 valence electrons. The monoisotopic (exact) mass is 156 g/mol. The molecule has 1 saturated heterocycles. The van der Waals surface area contributed by atoms with Crippen molar-refractivity contribution in [2.75, 3.05) is 13.2 Å². The Morgan fingerprint density at radius 2 is 2.09 bits per heavy atom. The van der Waals surface area contributed by atoms with Crippen molar-refractivity contribution in [1.82, 2.24) is 0 Å². The molecule has 0 aromatic heterocycles.